The van der Waals surface area contributed by atoms with Gasteiger partial charge in [0.2, 0.25) is 0 Å². The smallest absolute Gasteiger partial charge is 0.252 e. The van der Waals surface area contributed by atoms with Gasteiger partial charge >= 0.3 is 0 Å². The minimum atomic E-state index is 0.0270. The predicted molar refractivity (Wildman–Crippen MR) is 144 cm³/mol. The largest absolute Gasteiger partial charge is 0.321 e. The molecule has 0 amide bonds. The number of rotatable bonds is 8. The number of aryl methyl sites for hydroxylation is 2. The van der Waals surface area contributed by atoms with Crippen LogP contribution in [0.1, 0.15) is 119 Å². The van der Waals surface area contributed by atoms with Gasteiger partial charge in [-0.05, 0) is 79.0 Å². The fraction of sp³-hybridized carbons (Fsp3) is 0.655. The van der Waals surface area contributed by atoms with E-state index in [0.717, 1.165) is 53.5 Å². The zero-order valence-corrected chi connectivity index (χ0v) is 22.3. The van der Waals surface area contributed by atoms with Gasteiger partial charge in [0, 0.05) is 18.2 Å². The second-order valence-corrected chi connectivity index (χ2v) is 11.1. The first-order valence-electron chi connectivity index (χ1n) is 14.2. The van der Waals surface area contributed by atoms with E-state index in [1.165, 1.54) is 56.9 Å². The van der Waals surface area contributed by atoms with E-state index in [4.69, 9.17) is 0 Å². The summed E-state index contributed by atoms with van der Waals surface area (Å²) in [5, 5.41) is 14.4. The summed E-state index contributed by atoms with van der Waals surface area (Å²) >= 11 is 0. The Kier molecular flexibility index (Phi) is 7.85. The normalized spacial score (nSPS) is 18.8. The van der Waals surface area contributed by atoms with Gasteiger partial charge in [-0.25, -0.2) is 4.68 Å². The number of H-pyrrole nitrogens is 1. The van der Waals surface area contributed by atoms with E-state index in [-0.39, 0.29) is 11.6 Å². The number of aromatic amines is 1. The Labute approximate surface area is 214 Å². The van der Waals surface area contributed by atoms with E-state index >= 15 is 0 Å². The monoisotopic (exact) mass is 490 g/mol. The van der Waals surface area contributed by atoms with E-state index < -0.39 is 0 Å². The van der Waals surface area contributed by atoms with Crippen molar-refractivity contribution in [3.63, 3.8) is 0 Å². The molecule has 1 aromatic carbocycles. The van der Waals surface area contributed by atoms with E-state index in [9.17, 15) is 4.79 Å². The maximum absolute atomic E-state index is 13.4. The van der Waals surface area contributed by atoms with Crippen molar-refractivity contribution in [1.29, 1.82) is 0 Å². The van der Waals surface area contributed by atoms with Crippen LogP contribution in [0.15, 0.2) is 23.0 Å². The van der Waals surface area contributed by atoms with Gasteiger partial charge in [-0.3, -0.25) is 9.69 Å². The number of aromatic nitrogens is 5. The number of hydrogen-bond acceptors (Lipinski definition) is 5. The molecule has 1 N–H and O–H groups in total. The molecule has 2 fully saturated rings. The van der Waals surface area contributed by atoms with E-state index in [2.05, 4.69) is 69.1 Å². The van der Waals surface area contributed by atoms with Gasteiger partial charge in [-0.2, -0.15) is 0 Å². The molecule has 0 spiro atoms. The lowest BCUT2D eigenvalue weighted by Gasteiger charge is -2.40. The molecule has 2 saturated carbocycles. The number of nitrogens with one attached hydrogen (secondary N) is 1. The van der Waals surface area contributed by atoms with Crippen molar-refractivity contribution in [1.82, 2.24) is 30.1 Å². The minimum absolute atomic E-state index is 0.0270. The van der Waals surface area contributed by atoms with Gasteiger partial charge in [0.25, 0.3) is 5.56 Å². The van der Waals surface area contributed by atoms with Gasteiger partial charge in [0.05, 0.1) is 17.6 Å². The average Bonchev–Trinajstić information content (AvgIpc) is 3.40. The highest BCUT2D eigenvalue weighted by Gasteiger charge is 2.34. The number of nitrogens with zero attached hydrogens (tertiary/aromatic N) is 5. The number of hydrogen-bond donors (Lipinski definition) is 1. The molecule has 0 aliphatic heterocycles. The molecule has 0 bridgehead atoms. The van der Waals surface area contributed by atoms with Crippen LogP contribution in [0.25, 0.3) is 10.9 Å². The van der Waals surface area contributed by atoms with E-state index in [0.29, 0.717) is 18.6 Å². The van der Waals surface area contributed by atoms with Crippen molar-refractivity contribution in [3.05, 3.63) is 51.1 Å². The van der Waals surface area contributed by atoms with Crippen molar-refractivity contribution >= 4 is 10.9 Å². The van der Waals surface area contributed by atoms with Crippen LogP contribution < -0.4 is 5.56 Å². The molecule has 2 aliphatic carbocycles. The molecule has 7 nitrogen and oxygen atoms in total. The molecule has 2 aliphatic rings. The maximum atomic E-state index is 13.4. The van der Waals surface area contributed by atoms with Crippen LogP contribution in [0.5, 0.6) is 0 Å². The highest BCUT2D eigenvalue weighted by atomic mass is 16.1. The van der Waals surface area contributed by atoms with Crippen molar-refractivity contribution in [3.8, 4) is 0 Å². The zero-order chi connectivity index (χ0) is 25.1. The second-order valence-electron chi connectivity index (χ2n) is 11.1. The average molecular weight is 491 g/mol. The van der Waals surface area contributed by atoms with Crippen molar-refractivity contribution in [2.24, 2.45) is 0 Å². The number of fused-ring (bicyclic) bond motifs is 1. The molecule has 2 aromatic heterocycles. The summed E-state index contributed by atoms with van der Waals surface area (Å²) in [6.45, 7) is 7.06. The molecule has 5 rings (SSSR count). The SMILES string of the molecule is CCC[C@@H](c1nnnn1C1CCCCC1)N(Cc1cc2ccc(C)c(C)c2[nH]c1=O)C1CCCCC1. The third kappa shape index (κ3) is 5.13. The number of benzene rings is 1. The first-order chi connectivity index (χ1) is 17.6. The van der Waals surface area contributed by atoms with Crippen LogP contribution >= 0.6 is 0 Å². The Balaban J connectivity index is 1.54. The van der Waals surface area contributed by atoms with Crippen LogP contribution in [-0.4, -0.2) is 36.1 Å². The standard InChI is InChI=1S/C29H42N6O/c1-4-11-26(28-31-32-33-35(28)25-14-9-6-10-15-25)34(24-12-7-5-8-13-24)19-23-18-22-17-16-20(2)21(3)27(22)30-29(23)36/h16-18,24-26H,4-15,19H2,1-3H3,(H,30,36)/t26-/m0/s1. The molecule has 36 heavy (non-hydrogen) atoms. The Morgan fingerprint density at radius 1 is 1.06 bits per heavy atom. The summed E-state index contributed by atoms with van der Waals surface area (Å²) < 4.78 is 2.14. The zero-order valence-electron chi connectivity index (χ0n) is 22.3. The van der Waals surface area contributed by atoms with Gasteiger partial charge < -0.3 is 4.98 Å². The molecule has 1 atom stereocenters. The fourth-order valence-corrected chi connectivity index (χ4v) is 6.51. The Bertz CT molecular complexity index is 1220. The third-order valence-corrected chi connectivity index (χ3v) is 8.72. The van der Waals surface area contributed by atoms with Gasteiger partial charge in [0.15, 0.2) is 5.82 Å². The molecule has 2 heterocycles. The summed E-state index contributed by atoms with van der Waals surface area (Å²) in [5.41, 5.74) is 4.18. The quantitative estimate of drug-likeness (QED) is 0.400. The van der Waals surface area contributed by atoms with Crippen LogP contribution in [0.3, 0.4) is 0 Å². The molecule has 3 aromatic rings. The third-order valence-electron chi connectivity index (χ3n) is 8.72. The number of pyridine rings is 1. The van der Waals surface area contributed by atoms with Crippen LogP contribution in [0, 0.1) is 13.8 Å². The summed E-state index contributed by atoms with van der Waals surface area (Å²) in [4.78, 5) is 19.2. The summed E-state index contributed by atoms with van der Waals surface area (Å²) in [7, 11) is 0. The van der Waals surface area contributed by atoms with Crippen molar-refractivity contribution < 1.29 is 0 Å². The Hall–Kier alpha value is -2.54. The Morgan fingerprint density at radius 3 is 2.50 bits per heavy atom. The lowest BCUT2D eigenvalue weighted by Crippen LogP contribution is -2.41. The topological polar surface area (TPSA) is 79.7 Å². The highest BCUT2D eigenvalue weighted by Crippen LogP contribution is 2.36. The highest BCUT2D eigenvalue weighted by molar-refractivity contribution is 5.83. The maximum Gasteiger partial charge on any atom is 0.252 e. The van der Waals surface area contributed by atoms with Crippen molar-refractivity contribution in [2.75, 3.05) is 0 Å². The van der Waals surface area contributed by atoms with E-state index in [1.807, 2.05) is 0 Å². The molecular formula is C29H42N6O. The summed E-state index contributed by atoms with van der Waals surface area (Å²) in [6, 6.07) is 7.36. The van der Waals surface area contributed by atoms with Crippen LogP contribution in [-0.2, 0) is 6.54 Å². The lowest BCUT2D eigenvalue weighted by molar-refractivity contribution is 0.0789. The van der Waals surface area contributed by atoms with Crippen molar-refractivity contribution in [2.45, 2.75) is 122 Å². The molecule has 0 saturated heterocycles. The summed E-state index contributed by atoms with van der Waals surface area (Å²) in [5.74, 6) is 0.998. The first-order valence-corrected chi connectivity index (χ1v) is 14.2. The Morgan fingerprint density at radius 2 is 1.78 bits per heavy atom. The molecule has 0 unspecified atom stereocenters. The van der Waals surface area contributed by atoms with Crippen LogP contribution in [0.2, 0.25) is 0 Å². The number of tetrazole rings is 1. The first kappa shape index (κ1) is 25.1. The van der Waals surface area contributed by atoms with E-state index in [1.54, 1.807) is 0 Å². The predicted octanol–water partition coefficient (Wildman–Crippen LogP) is 6.31. The van der Waals surface area contributed by atoms with Gasteiger partial charge in [-0.15, -0.1) is 5.10 Å². The summed E-state index contributed by atoms with van der Waals surface area (Å²) in [6.07, 6.45) is 14.3. The molecule has 0 radical (unpaired) electrons. The lowest BCUT2D eigenvalue weighted by atomic mass is 9.91. The fourth-order valence-electron chi connectivity index (χ4n) is 6.51. The van der Waals surface area contributed by atoms with Gasteiger partial charge in [-0.1, -0.05) is 64.0 Å². The minimum Gasteiger partial charge on any atom is -0.321 e. The second kappa shape index (κ2) is 11.2. The molecular weight excluding hydrogens is 448 g/mol. The molecule has 194 valence electrons. The molecule has 7 heteroatoms. The van der Waals surface area contributed by atoms with Crippen LogP contribution in [0.4, 0.5) is 0 Å². The van der Waals surface area contributed by atoms with Gasteiger partial charge in [0.1, 0.15) is 0 Å².